The smallest absolute Gasteiger partial charge is 0.313 e. The molecule has 0 aliphatic carbocycles. The molecule has 1 N–H and O–H groups in total. The molecule has 0 atom stereocenters. The summed E-state index contributed by atoms with van der Waals surface area (Å²) in [6.07, 6.45) is 2.67. The van der Waals surface area contributed by atoms with Crippen molar-refractivity contribution in [1.29, 1.82) is 0 Å². The molecular weight excluding hydrogens is 260 g/mol. The molecule has 0 saturated carbocycles. The van der Waals surface area contributed by atoms with E-state index in [1.807, 2.05) is 42.0 Å². The van der Waals surface area contributed by atoms with Gasteiger partial charge in [-0.1, -0.05) is 36.9 Å². The Hall–Kier alpha value is -1.75. The van der Waals surface area contributed by atoms with Crippen molar-refractivity contribution < 1.29 is 9.90 Å². The van der Waals surface area contributed by atoms with Gasteiger partial charge in [0.25, 0.3) is 0 Å². The number of carbonyl (C=O) groups is 1. The molecule has 0 unspecified atom stereocenters. The number of aromatic nitrogens is 2. The Balaban J connectivity index is 2.45. The Bertz CT molecular complexity index is 593. The first-order valence-electron chi connectivity index (χ1n) is 6.10. The van der Waals surface area contributed by atoms with E-state index in [2.05, 4.69) is 11.9 Å². The lowest BCUT2D eigenvalue weighted by molar-refractivity contribution is -0.133. The van der Waals surface area contributed by atoms with Gasteiger partial charge in [-0.2, -0.15) is 0 Å². The second kappa shape index (κ2) is 5.93. The molecule has 1 aromatic heterocycles. The molecule has 0 fully saturated rings. The topological polar surface area (TPSA) is 55.1 Å². The minimum absolute atomic E-state index is 0.0199. The third-order valence-electron chi connectivity index (χ3n) is 2.85. The normalized spacial score (nSPS) is 10.6. The molecule has 2 aromatic rings. The summed E-state index contributed by atoms with van der Waals surface area (Å²) in [6, 6.07) is 8.04. The fourth-order valence-electron chi connectivity index (χ4n) is 1.92. The van der Waals surface area contributed by atoms with Crippen LogP contribution in [0.1, 0.15) is 18.2 Å². The molecule has 0 bridgehead atoms. The Morgan fingerprint density at radius 2 is 2.16 bits per heavy atom. The van der Waals surface area contributed by atoms with Crippen molar-refractivity contribution in [2.24, 2.45) is 0 Å². The van der Waals surface area contributed by atoms with E-state index in [9.17, 15) is 4.79 Å². The summed E-state index contributed by atoms with van der Waals surface area (Å²) in [6.45, 7) is 4.11. The fraction of sp³-hybridized carbons (Fsp3) is 0.286. The van der Waals surface area contributed by atoms with Crippen LogP contribution >= 0.6 is 11.8 Å². The van der Waals surface area contributed by atoms with E-state index in [4.69, 9.17) is 5.11 Å². The number of carboxylic acids is 1. The van der Waals surface area contributed by atoms with Crippen LogP contribution in [0.15, 0.2) is 35.6 Å². The number of imidazole rings is 1. The third-order valence-corrected chi connectivity index (χ3v) is 3.78. The summed E-state index contributed by atoms with van der Waals surface area (Å²) in [5, 5.41) is 9.53. The zero-order valence-electron chi connectivity index (χ0n) is 11.0. The lowest BCUT2D eigenvalue weighted by Gasteiger charge is -2.13. The van der Waals surface area contributed by atoms with E-state index < -0.39 is 5.97 Å². The third kappa shape index (κ3) is 2.98. The molecule has 0 saturated heterocycles. The zero-order valence-corrected chi connectivity index (χ0v) is 11.8. The summed E-state index contributed by atoms with van der Waals surface area (Å²) in [7, 11) is 0. The average molecular weight is 276 g/mol. The maximum Gasteiger partial charge on any atom is 0.313 e. The van der Waals surface area contributed by atoms with Gasteiger partial charge in [0.15, 0.2) is 5.16 Å². The van der Waals surface area contributed by atoms with Crippen LogP contribution in [0.4, 0.5) is 0 Å². The molecule has 0 radical (unpaired) electrons. The minimum atomic E-state index is -0.831. The van der Waals surface area contributed by atoms with Crippen LogP contribution < -0.4 is 0 Å². The van der Waals surface area contributed by atoms with Gasteiger partial charge in [0.05, 0.1) is 11.4 Å². The highest BCUT2D eigenvalue weighted by atomic mass is 32.2. The van der Waals surface area contributed by atoms with Crippen LogP contribution in [0.25, 0.3) is 5.69 Å². The van der Waals surface area contributed by atoms with Gasteiger partial charge in [0.2, 0.25) is 0 Å². The molecule has 4 nitrogen and oxygen atoms in total. The van der Waals surface area contributed by atoms with E-state index in [0.717, 1.165) is 28.5 Å². The van der Waals surface area contributed by atoms with Gasteiger partial charge >= 0.3 is 5.97 Å². The monoisotopic (exact) mass is 276 g/mol. The van der Waals surface area contributed by atoms with E-state index >= 15 is 0 Å². The summed E-state index contributed by atoms with van der Waals surface area (Å²) in [5.74, 6) is -0.811. The molecular formula is C14H16N2O2S. The van der Waals surface area contributed by atoms with Gasteiger partial charge in [-0.15, -0.1) is 0 Å². The van der Waals surface area contributed by atoms with Gasteiger partial charge in [0, 0.05) is 11.9 Å². The van der Waals surface area contributed by atoms with Crippen LogP contribution in [0, 0.1) is 6.92 Å². The number of benzene rings is 1. The first kappa shape index (κ1) is 13.7. The Morgan fingerprint density at radius 3 is 2.79 bits per heavy atom. The number of thioether (sulfide) groups is 1. The number of carboxylic acid groups (broad SMARTS) is 1. The number of aliphatic carboxylic acids is 1. The number of hydrogen-bond acceptors (Lipinski definition) is 3. The van der Waals surface area contributed by atoms with E-state index in [1.165, 1.54) is 11.8 Å². The summed E-state index contributed by atoms with van der Waals surface area (Å²) in [4.78, 5) is 15.0. The zero-order chi connectivity index (χ0) is 13.8. The van der Waals surface area contributed by atoms with Gasteiger partial charge < -0.3 is 5.11 Å². The van der Waals surface area contributed by atoms with Crippen molar-refractivity contribution in [2.45, 2.75) is 25.4 Å². The van der Waals surface area contributed by atoms with Crippen molar-refractivity contribution >= 4 is 17.7 Å². The molecule has 0 spiro atoms. The van der Waals surface area contributed by atoms with Crippen molar-refractivity contribution in [3.63, 3.8) is 0 Å². The fourth-order valence-corrected chi connectivity index (χ4v) is 2.64. The van der Waals surface area contributed by atoms with Crippen molar-refractivity contribution in [2.75, 3.05) is 5.75 Å². The highest BCUT2D eigenvalue weighted by molar-refractivity contribution is 7.99. The summed E-state index contributed by atoms with van der Waals surface area (Å²) in [5.41, 5.74) is 3.29. The first-order chi connectivity index (χ1) is 9.13. The van der Waals surface area contributed by atoms with E-state index in [1.54, 1.807) is 0 Å². The van der Waals surface area contributed by atoms with Crippen molar-refractivity contribution in [3.05, 3.63) is 41.7 Å². The molecule has 1 heterocycles. The molecule has 2 rings (SSSR count). The number of rotatable bonds is 5. The van der Waals surface area contributed by atoms with Gasteiger partial charge in [-0.3, -0.25) is 9.36 Å². The van der Waals surface area contributed by atoms with Crippen molar-refractivity contribution in [3.8, 4) is 5.69 Å². The highest BCUT2D eigenvalue weighted by Gasteiger charge is 2.13. The SMILES string of the molecule is CCc1cnc(SCC(=O)O)n1-c1ccccc1C. The van der Waals surface area contributed by atoms with Gasteiger partial charge in [0.1, 0.15) is 0 Å². The van der Waals surface area contributed by atoms with E-state index in [0.29, 0.717) is 0 Å². The largest absolute Gasteiger partial charge is 0.481 e. The van der Waals surface area contributed by atoms with Crippen LogP contribution in [0.2, 0.25) is 0 Å². The highest BCUT2D eigenvalue weighted by Crippen LogP contribution is 2.25. The van der Waals surface area contributed by atoms with Gasteiger partial charge in [-0.25, -0.2) is 4.98 Å². The lowest BCUT2D eigenvalue weighted by atomic mass is 10.2. The Morgan fingerprint density at radius 1 is 1.42 bits per heavy atom. The Kier molecular flexibility index (Phi) is 4.27. The number of hydrogen-bond donors (Lipinski definition) is 1. The van der Waals surface area contributed by atoms with E-state index in [-0.39, 0.29) is 5.75 Å². The molecule has 0 aliphatic rings. The predicted molar refractivity (Wildman–Crippen MR) is 76.0 cm³/mol. The second-order valence-corrected chi connectivity index (χ2v) is 5.13. The van der Waals surface area contributed by atoms with Gasteiger partial charge in [-0.05, 0) is 25.0 Å². The van der Waals surface area contributed by atoms with Crippen LogP contribution in [-0.2, 0) is 11.2 Å². The molecule has 19 heavy (non-hydrogen) atoms. The lowest BCUT2D eigenvalue weighted by Crippen LogP contribution is -2.05. The predicted octanol–water partition coefficient (Wildman–Crippen LogP) is 2.92. The maximum atomic E-state index is 10.7. The minimum Gasteiger partial charge on any atom is -0.481 e. The maximum absolute atomic E-state index is 10.7. The average Bonchev–Trinajstić information content (AvgIpc) is 2.79. The Labute approximate surface area is 116 Å². The molecule has 1 aromatic carbocycles. The summed E-state index contributed by atoms with van der Waals surface area (Å²) >= 11 is 1.25. The molecule has 0 aliphatic heterocycles. The quantitative estimate of drug-likeness (QED) is 0.853. The number of nitrogens with zero attached hydrogens (tertiary/aromatic N) is 2. The first-order valence-corrected chi connectivity index (χ1v) is 7.09. The molecule has 5 heteroatoms. The number of aryl methyl sites for hydroxylation is 2. The van der Waals surface area contributed by atoms with Crippen LogP contribution in [0.5, 0.6) is 0 Å². The summed E-state index contributed by atoms with van der Waals surface area (Å²) < 4.78 is 2.04. The molecule has 0 amide bonds. The standard InChI is InChI=1S/C14H16N2O2S/c1-3-11-8-15-14(19-9-13(17)18)16(11)12-7-5-4-6-10(12)2/h4-8H,3,9H2,1-2H3,(H,17,18). The van der Waals surface area contributed by atoms with Crippen LogP contribution in [-0.4, -0.2) is 26.4 Å². The van der Waals surface area contributed by atoms with Crippen LogP contribution in [0.3, 0.4) is 0 Å². The number of para-hydroxylation sites is 1. The second-order valence-electron chi connectivity index (χ2n) is 4.19. The molecule has 100 valence electrons. The van der Waals surface area contributed by atoms with Crippen molar-refractivity contribution in [1.82, 2.24) is 9.55 Å².